The van der Waals surface area contributed by atoms with Crippen molar-refractivity contribution in [3.63, 3.8) is 0 Å². The number of carboxylic acids is 1. The van der Waals surface area contributed by atoms with E-state index in [2.05, 4.69) is 24.1 Å². The molecule has 0 aliphatic heterocycles. The lowest BCUT2D eigenvalue weighted by atomic mass is 9.85. The topological polar surface area (TPSA) is 66.6 Å². The van der Waals surface area contributed by atoms with Gasteiger partial charge in [0, 0.05) is 18.3 Å². The van der Waals surface area contributed by atoms with Crippen molar-refractivity contribution in [2.24, 2.45) is 5.92 Å². The number of anilines is 1. The van der Waals surface area contributed by atoms with Gasteiger partial charge in [0.1, 0.15) is 0 Å². The van der Waals surface area contributed by atoms with Crippen molar-refractivity contribution < 1.29 is 9.90 Å². The Morgan fingerprint density at radius 1 is 1.25 bits per heavy atom. The van der Waals surface area contributed by atoms with Crippen LogP contribution in [0.3, 0.4) is 0 Å². The lowest BCUT2D eigenvalue weighted by molar-refractivity contribution is -0.143. The number of hydrogen-bond donors (Lipinski definition) is 2. The summed E-state index contributed by atoms with van der Waals surface area (Å²) in [5, 5.41) is 9.01. The van der Waals surface area contributed by atoms with Gasteiger partial charge in [-0.3, -0.25) is 4.79 Å². The molecule has 0 radical (unpaired) electrons. The molecule has 20 heavy (non-hydrogen) atoms. The average molecular weight is 276 g/mol. The lowest BCUT2D eigenvalue weighted by Gasteiger charge is -2.33. The molecule has 0 spiro atoms. The summed E-state index contributed by atoms with van der Waals surface area (Å²) in [4.78, 5) is 13.3. The van der Waals surface area contributed by atoms with E-state index >= 15 is 0 Å². The molecule has 1 aromatic rings. The predicted octanol–water partition coefficient (Wildman–Crippen LogP) is 2.39. The summed E-state index contributed by atoms with van der Waals surface area (Å²) in [5.41, 5.74) is 7.78. The number of nitrogen functional groups attached to an aromatic ring is 1. The van der Waals surface area contributed by atoms with Crippen LogP contribution in [-0.4, -0.2) is 35.6 Å². The number of hydrogen-bond acceptors (Lipinski definition) is 3. The van der Waals surface area contributed by atoms with Gasteiger partial charge >= 0.3 is 5.97 Å². The summed E-state index contributed by atoms with van der Waals surface area (Å²) in [7, 11) is 2.14. The van der Waals surface area contributed by atoms with Crippen LogP contribution >= 0.6 is 0 Å². The molecule has 4 nitrogen and oxygen atoms in total. The van der Waals surface area contributed by atoms with Crippen LogP contribution in [0.4, 0.5) is 5.69 Å². The minimum atomic E-state index is -0.632. The van der Waals surface area contributed by atoms with Gasteiger partial charge in [-0.15, -0.1) is 0 Å². The number of rotatable bonds is 5. The van der Waals surface area contributed by atoms with E-state index in [0.717, 1.165) is 44.3 Å². The number of carbonyl (C=O) groups is 1. The van der Waals surface area contributed by atoms with Gasteiger partial charge in [0.05, 0.1) is 5.92 Å². The van der Waals surface area contributed by atoms with E-state index in [1.165, 1.54) is 5.56 Å². The molecule has 0 heterocycles. The maximum atomic E-state index is 10.9. The van der Waals surface area contributed by atoms with E-state index in [1.807, 2.05) is 12.1 Å². The first-order valence-electron chi connectivity index (χ1n) is 7.33. The van der Waals surface area contributed by atoms with Gasteiger partial charge in [0.15, 0.2) is 0 Å². The van der Waals surface area contributed by atoms with Crippen molar-refractivity contribution in [1.82, 2.24) is 4.90 Å². The fourth-order valence-corrected chi connectivity index (χ4v) is 2.94. The first kappa shape index (κ1) is 14.9. The second-order valence-corrected chi connectivity index (χ2v) is 5.82. The Morgan fingerprint density at radius 3 is 2.40 bits per heavy atom. The first-order chi connectivity index (χ1) is 9.56. The van der Waals surface area contributed by atoms with Gasteiger partial charge in [-0.25, -0.2) is 0 Å². The van der Waals surface area contributed by atoms with E-state index in [1.54, 1.807) is 0 Å². The predicted molar refractivity (Wildman–Crippen MR) is 80.6 cm³/mol. The SMILES string of the molecule is CN(CCc1ccc(N)cc1)[C@H]1CC[C@H](C(=O)O)CC1. The Balaban J connectivity index is 1.76. The van der Waals surface area contributed by atoms with Crippen LogP contribution in [0.2, 0.25) is 0 Å². The van der Waals surface area contributed by atoms with E-state index in [9.17, 15) is 4.79 Å². The zero-order chi connectivity index (χ0) is 14.5. The molecule has 1 aromatic carbocycles. The van der Waals surface area contributed by atoms with Crippen LogP contribution in [0.15, 0.2) is 24.3 Å². The van der Waals surface area contributed by atoms with Crippen molar-refractivity contribution in [2.45, 2.75) is 38.1 Å². The molecule has 0 bridgehead atoms. The normalized spacial score (nSPS) is 22.9. The summed E-state index contributed by atoms with van der Waals surface area (Å²) in [6.45, 7) is 1.01. The fourth-order valence-electron chi connectivity index (χ4n) is 2.94. The van der Waals surface area contributed by atoms with Crippen LogP contribution in [0.1, 0.15) is 31.2 Å². The van der Waals surface area contributed by atoms with Gasteiger partial charge in [0.25, 0.3) is 0 Å². The number of nitrogens with zero attached hydrogens (tertiary/aromatic N) is 1. The molecule has 3 N–H and O–H groups in total. The van der Waals surface area contributed by atoms with Crippen LogP contribution < -0.4 is 5.73 Å². The number of nitrogens with two attached hydrogens (primary N) is 1. The Bertz CT molecular complexity index is 436. The molecule has 0 atom stereocenters. The van der Waals surface area contributed by atoms with E-state index in [0.29, 0.717) is 6.04 Å². The molecule has 110 valence electrons. The lowest BCUT2D eigenvalue weighted by Crippen LogP contribution is -2.37. The minimum Gasteiger partial charge on any atom is -0.481 e. The smallest absolute Gasteiger partial charge is 0.306 e. The molecule has 1 aliphatic rings. The van der Waals surface area contributed by atoms with Crippen LogP contribution in [0, 0.1) is 5.92 Å². The molecule has 0 unspecified atom stereocenters. The summed E-state index contributed by atoms with van der Waals surface area (Å²) in [5.74, 6) is -0.760. The number of likely N-dealkylation sites (N-methyl/N-ethyl adjacent to an activating group) is 1. The molecule has 0 aromatic heterocycles. The summed E-state index contributed by atoms with van der Waals surface area (Å²) < 4.78 is 0. The molecule has 1 saturated carbocycles. The first-order valence-corrected chi connectivity index (χ1v) is 7.33. The molecule has 1 fully saturated rings. The standard InChI is InChI=1S/C16H24N2O2/c1-18(11-10-12-2-6-14(17)7-3-12)15-8-4-13(5-9-15)16(19)20/h2-3,6-7,13,15H,4-5,8-11,17H2,1H3,(H,19,20)/t13-,15-. The number of carboxylic acid groups (broad SMARTS) is 1. The zero-order valence-corrected chi connectivity index (χ0v) is 12.1. The van der Waals surface area contributed by atoms with Crippen molar-refractivity contribution in [1.29, 1.82) is 0 Å². The summed E-state index contributed by atoms with van der Waals surface area (Å²) >= 11 is 0. The van der Waals surface area contributed by atoms with Crippen molar-refractivity contribution in [3.8, 4) is 0 Å². The van der Waals surface area contributed by atoms with Gasteiger partial charge in [-0.1, -0.05) is 12.1 Å². The molecule has 0 saturated heterocycles. The Hall–Kier alpha value is -1.55. The van der Waals surface area contributed by atoms with Crippen LogP contribution in [0.5, 0.6) is 0 Å². The van der Waals surface area contributed by atoms with Crippen molar-refractivity contribution >= 4 is 11.7 Å². The Morgan fingerprint density at radius 2 is 1.85 bits per heavy atom. The zero-order valence-electron chi connectivity index (χ0n) is 12.1. The highest BCUT2D eigenvalue weighted by atomic mass is 16.4. The van der Waals surface area contributed by atoms with E-state index in [-0.39, 0.29) is 5.92 Å². The van der Waals surface area contributed by atoms with E-state index < -0.39 is 5.97 Å². The highest BCUT2D eigenvalue weighted by Gasteiger charge is 2.27. The molecular formula is C16H24N2O2. The van der Waals surface area contributed by atoms with E-state index in [4.69, 9.17) is 10.8 Å². The third kappa shape index (κ3) is 3.97. The highest BCUT2D eigenvalue weighted by Crippen LogP contribution is 2.27. The molecule has 1 aliphatic carbocycles. The monoisotopic (exact) mass is 276 g/mol. The Labute approximate surface area is 120 Å². The molecule has 2 rings (SSSR count). The highest BCUT2D eigenvalue weighted by molar-refractivity contribution is 5.70. The maximum absolute atomic E-state index is 10.9. The third-order valence-electron chi connectivity index (χ3n) is 4.40. The Kier molecular flexibility index (Phi) is 5.01. The van der Waals surface area contributed by atoms with Gasteiger partial charge in [0.2, 0.25) is 0 Å². The number of benzene rings is 1. The summed E-state index contributed by atoms with van der Waals surface area (Å²) in [6.07, 6.45) is 4.62. The third-order valence-corrected chi connectivity index (χ3v) is 4.40. The fraction of sp³-hybridized carbons (Fsp3) is 0.562. The average Bonchev–Trinajstić information content (AvgIpc) is 2.46. The maximum Gasteiger partial charge on any atom is 0.306 e. The largest absolute Gasteiger partial charge is 0.481 e. The summed E-state index contributed by atoms with van der Waals surface area (Å²) in [6, 6.07) is 8.55. The molecular weight excluding hydrogens is 252 g/mol. The van der Waals surface area contributed by atoms with Crippen LogP contribution in [-0.2, 0) is 11.2 Å². The van der Waals surface area contributed by atoms with Gasteiger partial charge in [-0.05, 0) is 56.8 Å². The van der Waals surface area contributed by atoms with Gasteiger partial charge in [-0.2, -0.15) is 0 Å². The number of aliphatic carboxylic acids is 1. The van der Waals surface area contributed by atoms with Crippen molar-refractivity contribution in [3.05, 3.63) is 29.8 Å². The molecule has 4 heteroatoms. The minimum absolute atomic E-state index is 0.128. The molecule has 0 amide bonds. The second kappa shape index (κ2) is 6.75. The second-order valence-electron chi connectivity index (χ2n) is 5.82. The van der Waals surface area contributed by atoms with Crippen molar-refractivity contribution in [2.75, 3.05) is 19.3 Å². The van der Waals surface area contributed by atoms with Gasteiger partial charge < -0.3 is 15.7 Å². The van der Waals surface area contributed by atoms with Crippen LogP contribution in [0.25, 0.3) is 0 Å². The quantitative estimate of drug-likeness (QED) is 0.810.